The summed E-state index contributed by atoms with van der Waals surface area (Å²) in [7, 11) is 1.81. The van der Waals surface area contributed by atoms with Crippen molar-refractivity contribution < 1.29 is 19.5 Å². The Bertz CT molecular complexity index is 1110. The van der Waals surface area contributed by atoms with Gasteiger partial charge < -0.3 is 36.2 Å². The summed E-state index contributed by atoms with van der Waals surface area (Å²) in [5.41, 5.74) is 1.18. The van der Waals surface area contributed by atoms with Crippen LogP contribution in [0.1, 0.15) is 141 Å². The zero-order valence-corrected chi connectivity index (χ0v) is 33.0. The molecule has 8 aliphatic rings. The summed E-state index contributed by atoms with van der Waals surface area (Å²) in [5.74, 6) is -0.0711. The van der Waals surface area contributed by atoms with Gasteiger partial charge in [-0.25, -0.2) is 0 Å². The molecule has 8 atom stereocenters. The Morgan fingerprint density at radius 1 is 0.885 bits per heavy atom. The number of likely N-dealkylation sites (N-methyl/N-ethyl adjacent to an activating group) is 1. The van der Waals surface area contributed by atoms with Gasteiger partial charge in [0, 0.05) is 63.5 Å². The van der Waals surface area contributed by atoms with Crippen LogP contribution < -0.4 is 21.3 Å². The van der Waals surface area contributed by atoms with E-state index in [4.69, 9.17) is 11.6 Å². The Kier molecular flexibility index (Phi) is 17.4. The van der Waals surface area contributed by atoms with Crippen LogP contribution >= 0.6 is 11.6 Å². The van der Waals surface area contributed by atoms with Crippen molar-refractivity contribution in [2.45, 2.75) is 177 Å². The number of nitrogens with one attached hydrogen (secondary N) is 4. The number of aliphatic hydroxyl groups excluding tert-OH is 1. The summed E-state index contributed by atoms with van der Waals surface area (Å²) < 4.78 is 0. The van der Waals surface area contributed by atoms with Gasteiger partial charge in [-0.1, -0.05) is 103 Å². The molecule has 0 radical (unpaired) electrons. The summed E-state index contributed by atoms with van der Waals surface area (Å²) >= 11 is 6.62. The lowest BCUT2D eigenvalue weighted by Gasteiger charge is -2.34. The number of hydrogen-bond donors (Lipinski definition) is 5. The molecule has 6 unspecified atom stereocenters. The van der Waals surface area contributed by atoms with E-state index in [1.54, 1.807) is 11.9 Å². The van der Waals surface area contributed by atoms with Gasteiger partial charge in [0.05, 0.1) is 12.1 Å². The molecule has 0 aromatic carbocycles. The Morgan fingerprint density at radius 2 is 1.50 bits per heavy atom. The van der Waals surface area contributed by atoms with E-state index in [2.05, 4.69) is 27.5 Å². The molecule has 0 aromatic rings. The number of carbonyl (C=O) groups excluding carboxylic acids is 3. The van der Waals surface area contributed by atoms with E-state index in [9.17, 15) is 19.5 Å². The van der Waals surface area contributed by atoms with Gasteiger partial charge in [-0.05, 0) is 49.8 Å². The predicted molar refractivity (Wildman–Crippen MR) is 209 cm³/mol. The van der Waals surface area contributed by atoms with E-state index >= 15 is 0 Å². The molecule has 8 rings (SSSR count). The van der Waals surface area contributed by atoms with Crippen LogP contribution in [0.3, 0.4) is 0 Å². The predicted octanol–water partition coefficient (Wildman–Crippen LogP) is 5.37. The minimum atomic E-state index is -0.810. The Hall–Kier alpha value is -1.88. The first-order chi connectivity index (χ1) is 25.3. The summed E-state index contributed by atoms with van der Waals surface area (Å²) in [6.07, 6.45) is 28.7. The van der Waals surface area contributed by atoms with E-state index in [0.29, 0.717) is 38.0 Å². The van der Waals surface area contributed by atoms with Gasteiger partial charge >= 0.3 is 0 Å². The maximum atomic E-state index is 13.9. The van der Waals surface area contributed by atoms with Crippen molar-refractivity contribution in [3.8, 4) is 0 Å². The number of halogens is 1. The number of piperazine rings is 1. The SMILES string of the molecule is C1CCC1.C1CCC1.C1CCC1.CN(CC1CCCCC1Cl)C(=O)[C@H](CC1=CNC2CCCCC12)NC(=O)[C@@H]1CC(O)CN1C(=O)C1CNCCN1. The number of likely N-dealkylation sites (tertiary alicyclic amines) is 1. The third-order valence-electron chi connectivity index (χ3n) is 12.7. The zero-order valence-electron chi connectivity index (χ0n) is 32.2. The molecule has 0 aromatic heterocycles. The van der Waals surface area contributed by atoms with Crippen LogP contribution in [0, 0.1) is 11.8 Å². The van der Waals surface area contributed by atoms with Crippen LogP contribution in [-0.2, 0) is 14.4 Å². The first-order valence-corrected chi connectivity index (χ1v) is 21.8. The molecule has 11 heteroatoms. The second-order valence-electron chi connectivity index (χ2n) is 16.8. The molecule has 3 aliphatic heterocycles. The number of β-amino-alcohol motifs (C(OH)–C–C–N with tert-alkyl or cyclic N) is 1. The molecule has 5 aliphatic carbocycles. The third kappa shape index (κ3) is 12.3. The maximum absolute atomic E-state index is 13.9. The standard InChI is InChI=1S/C29H47ClN6O4.3C4H8/c1-35(16-18-6-2-4-8-22(18)30)28(39)24(12-19-14-33-23-9-5-3-7-21(19)23)34-27(38)26-13-20(37)17-36(26)29(40)25-15-31-10-11-32-25;3*1-2-4-3-1/h14,18,20-26,31-33,37H,2-13,15-17H2,1H3,(H,34,38);3*1-4H2/t18?,20?,21?,22?,23?,24-,25?,26-;;;/m0.../s1. The van der Waals surface area contributed by atoms with Crippen molar-refractivity contribution in [3.05, 3.63) is 11.8 Å². The molecule has 3 heterocycles. The first kappa shape index (κ1) is 41.3. The van der Waals surface area contributed by atoms with Gasteiger partial charge in [0.15, 0.2) is 0 Å². The highest BCUT2D eigenvalue weighted by molar-refractivity contribution is 6.20. The Labute approximate surface area is 319 Å². The molecule has 5 saturated carbocycles. The van der Waals surface area contributed by atoms with Crippen molar-refractivity contribution in [2.24, 2.45) is 11.8 Å². The molecule has 3 amide bonds. The third-order valence-corrected chi connectivity index (χ3v) is 13.3. The first-order valence-electron chi connectivity index (χ1n) is 21.4. The fourth-order valence-corrected chi connectivity index (χ4v) is 8.53. The molecule has 0 bridgehead atoms. The van der Waals surface area contributed by atoms with Gasteiger partial charge in [0.2, 0.25) is 17.7 Å². The lowest BCUT2D eigenvalue weighted by molar-refractivity contribution is -0.142. The van der Waals surface area contributed by atoms with Gasteiger partial charge in [-0.2, -0.15) is 0 Å². The fraction of sp³-hybridized carbons (Fsp3) is 0.878. The van der Waals surface area contributed by atoms with E-state index in [-0.39, 0.29) is 42.0 Å². The second kappa shape index (κ2) is 21.9. The fourth-order valence-electron chi connectivity index (χ4n) is 8.17. The summed E-state index contributed by atoms with van der Waals surface area (Å²) in [6.45, 7) is 2.62. The number of alkyl halides is 1. The molecule has 296 valence electrons. The lowest BCUT2D eigenvalue weighted by atomic mass is 9.80. The highest BCUT2D eigenvalue weighted by atomic mass is 35.5. The number of aliphatic hydroxyl groups is 1. The summed E-state index contributed by atoms with van der Waals surface area (Å²) in [5, 5.41) is 23.5. The Balaban J connectivity index is 0.000000366. The number of fused-ring (bicyclic) bond motifs is 1. The average molecular weight is 748 g/mol. The van der Waals surface area contributed by atoms with Gasteiger partial charge in [0.1, 0.15) is 12.1 Å². The highest BCUT2D eigenvalue weighted by Crippen LogP contribution is 2.36. The van der Waals surface area contributed by atoms with Crippen LogP contribution in [0.5, 0.6) is 0 Å². The summed E-state index contributed by atoms with van der Waals surface area (Å²) in [6, 6.07) is -1.58. The molecule has 0 spiro atoms. The number of nitrogens with zero attached hydrogens (tertiary/aromatic N) is 2. The van der Waals surface area contributed by atoms with Crippen molar-refractivity contribution in [3.63, 3.8) is 0 Å². The number of carbonyl (C=O) groups is 3. The molecule has 52 heavy (non-hydrogen) atoms. The lowest BCUT2D eigenvalue weighted by Crippen LogP contribution is -2.60. The highest BCUT2D eigenvalue weighted by Gasteiger charge is 2.43. The Morgan fingerprint density at radius 3 is 2.10 bits per heavy atom. The van der Waals surface area contributed by atoms with E-state index < -0.39 is 24.2 Å². The molecule has 2 saturated heterocycles. The number of rotatable bonds is 8. The number of hydrogen-bond acceptors (Lipinski definition) is 7. The van der Waals surface area contributed by atoms with E-state index in [1.807, 2.05) is 0 Å². The van der Waals surface area contributed by atoms with Crippen LogP contribution in [0.4, 0.5) is 0 Å². The second-order valence-corrected chi connectivity index (χ2v) is 17.3. The minimum absolute atomic E-state index is 0.0595. The quantitative estimate of drug-likeness (QED) is 0.212. The van der Waals surface area contributed by atoms with Gasteiger partial charge in [-0.3, -0.25) is 14.4 Å². The van der Waals surface area contributed by atoms with Crippen LogP contribution in [0.25, 0.3) is 0 Å². The van der Waals surface area contributed by atoms with E-state index in [1.165, 1.54) is 100 Å². The van der Waals surface area contributed by atoms with Crippen LogP contribution in [0.2, 0.25) is 0 Å². The smallest absolute Gasteiger partial charge is 0.245 e. The van der Waals surface area contributed by atoms with Crippen molar-refractivity contribution in [1.29, 1.82) is 0 Å². The van der Waals surface area contributed by atoms with Gasteiger partial charge in [0.25, 0.3) is 0 Å². The topological polar surface area (TPSA) is 126 Å². The van der Waals surface area contributed by atoms with Crippen LogP contribution in [-0.4, -0.2) is 108 Å². The van der Waals surface area contributed by atoms with Crippen molar-refractivity contribution in [1.82, 2.24) is 31.1 Å². The number of amides is 3. The largest absolute Gasteiger partial charge is 0.391 e. The normalized spacial score (nSPS) is 32.3. The molecular weight excluding hydrogens is 676 g/mol. The van der Waals surface area contributed by atoms with Gasteiger partial charge in [-0.15, -0.1) is 11.6 Å². The molecule has 5 N–H and O–H groups in total. The van der Waals surface area contributed by atoms with Crippen LogP contribution in [0.15, 0.2) is 11.8 Å². The maximum Gasteiger partial charge on any atom is 0.245 e. The molecule has 10 nitrogen and oxygen atoms in total. The summed E-state index contributed by atoms with van der Waals surface area (Å²) in [4.78, 5) is 44.2. The van der Waals surface area contributed by atoms with Crippen molar-refractivity contribution >= 4 is 29.3 Å². The van der Waals surface area contributed by atoms with Crippen molar-refractivity contribution in [2.75, 3.05) is 39.8 Å². The zero-order chi connectivity index (χ0) is 36.7. The monoisotopic (exact) mass is 747 g/mol. The molecule has 7 fully saturated rings. The minimum Gasteiger partial charge on any atom is -0.391 e. The molecular formula is C41H71ClN6O4. The average Bonchev–Trinajstić information content (AvgIpc) is 3.66. The van der Waals surface area contributed by atoms with E-state index in [0.717, 1.165) is 45.1 Å².